The molecule has 0 atom stereocenters. The summed E-state index contributed by atoms with van der Waals surface area (Å²) in [7, 11) is -3.32. The van der Waals surface area contributed by atoms with E-state index in [1.165, 1.54) is 12.1 Å². The molecule has 1 N–H and O–H groups in total. The molecule has 1 amide bonds. The monoisotopic (exact) mass is 503 g/mol. The number of likely N-dealkylation sites (tertiary alicyclic amines) is 1. The first-order chi connectivity index (χ1) is 15.6. The number of carbonyl (C=O) groups excluding carboxylic acids is 1. The Morgan fingerprint density at radius 1 is 1.09 bits per heavy atom. The number of sulfonamides is 1. The normalized spacial score (nSPS) is 21.6. The number of anilines is 1. The van der Waals surface area contributed by atoms with Gasteiger partial charge in [-0.25, -0.2) is 12.7 Å². The number of alkyl halides is 3. The van der Waals surface area contributed by atoms with E-state index in [9.17, 15) is 26.4 Å². The van der Waals surface area contributed by atoms with Crippen LogP contribution >= 0.6 is 0 Å². The number of carbonyl (C=O) groups is 1. The van der Waals surface area contributed by atoms with Crippen molar-refractivity contribution in [3.05, 3.63) is 29.8 Å². The molecule has 3 rings (SSSR count). The average molecular weight is 504 g/mol. The maximum Gasteiger partial charge on any atom is 0.416 e. The lowest BCUT2D eigenvalue weighted by Crippen LogP contribution is -2.56. The van der Waals surface area contributed by atoms with Crippen LogP contribution in [-0.4, -0.2) is 62.0 Å². The summed E-state index contributed by atoms with van der Waals surface area (Å²) < 4.78 is 65.7. The van der Waals surface area contributed by atoms with Gasteiger partial charge in [-0.15, -0.1) is 0 Å². The van der Waals surface area contributed by atoms with Crippen molar-refractivity contribution in [2.45, 2.75) is 53.1 Å². The molecule has 0 aromatic heterocycles. The molecule has 1 aromatic carbocycles. The van der Waals surface area contributed by atoms with Crippen LogP contribution in [0.15, 0.2) is 24.3 Å². The van der Waals surface area contributed by atoms with E-state index in [0.717, 1.165) is 31.4 Å². The van der Waals surface area contributed by atoms with Gasteiger partial charge in [0.05, 0.1) is 17.9 Å². The third-order valence-electron chi connectivity index (χ3n) is 6.69. The Kier molecular flexibility index (Phi) is 7.75. The van der Waals surface area contributed by atoms with Gasteiger partial charge in [0.1, 0.15) is 0 Å². The summed E-state index contributed by atoms with van der Waals surface area (Å²) in [4.78, 5) is 14.5. The highest BCUT2D eigenvalue weighted by molar-refractivity contribution is 7.89. The minimum absolute atomic E-state index is 0.0658. The molecule has 6 nitrogen and oxygen atoms in total. The second-order valence-electron chi connectivity index (χ2n) is 11.2. The molecule has 2 aliphatic rings. The second kappa shape index (κ2) is 9.78. The Labute approximate surface area is 200 Å². The van der Waals surface area contributed by atoms with Crippen LogP contribution in [-0.2, 0) is 21.0 Å². The summed E-state index contributed by atoms with van der Waals surface area (Å²) >= 11 is 0. The van der Waals surface area contributed by atoms with Crippen LogP contribution in [0.1, 0.15) is 52.5 Å². The summed E-state index contributed by atoms with van der Waals surface area (Å²) in [5, 5.41) is 2.66. The van der Waals surface area contributed by atoms with Crippen molar-refractivity contribution >= 4 is 21.6 Å². The number of piperidine rings is 2. The van der Waals surface area contributed by atoms with Gasteiger partial charge in [0.25, 0.3) is 0 Å². The zero-order valence-electron chi connectivity index (χ0n) is 20.4. The van der Waals surface area contributed by atoms with E-state index in [1.54, 1.807) is 4.31 Å². The maximum atomic E-state index is 13.0. The molecule has 0 aliphatic carbocycles. The van der Waals surface area contributed by atoms with Crippen molar-refractivity contribution in [3.63, 3.8) is 0 Å². The van der Waals surface area contributed by atoms with E-state index in [4.69, 9.17) is 0 Å². The molecule has 192 valence electrons. The molecule has 1 spiro atoms. The van der Waals surface area contributed by atoms with Gasteiger partial charge in [-0.05, 0) is 73.4 Å². The standard InChI is InChI=1S/C24H36F3N3O3S/c1-18(2)14-34(32,33)30-16-22(3,4)15-23(17-30)9-11-29(12-10-23)13-21(31)28-20-7-5-19(6-8-20)24(25,26)27/h5-8,18H,9-17H2,1-4H3,(H,28,31). The number of halogens is 3. The maximum absolute atomic E-state index is 13.0. The molecule has 2 saturated heterocycles. The molecule has 2 fully saturated rings. The molecule has 0 bridgehead atoms. The summed E-state index contributed by atoms with van der Waals surface area (Å²) in [6.07, 6.45) is -1.86. The lowest BCUT2D eigenvalue weighted by Gasteiger charge is -2.52. The third kappa shape index (κ3) is 6.95. The fourth-order valence-corrected chi connectivity index (χ4v) is 7.49. The summed E-state index contributed by atoms with van der Waals surface area (Å²) in [6, 6.07) is 4.40. The molecule has 1 aromatic rings. The highest BCUT2D eigenvalue weighted by atomic mass is 32.2. The van der Waals surface area contributed by atoms with Crippen LogP contribution in [0.5, 0.6) is 0 Å². The van der Waals surface area contributed by atoms with Gasteiger partial charge < -0.3 is 5.32 Å². The van der Waals surface area contributed by atoms with Gasteiger partial charge in [0, 0.05) is 18.8 Å². The minimum atomic E-state index is -4.41. The number of hydrogen-bond donors (Lipinski definition) is 1. The molecule has 0 unspecified atom stereocenters. The highest BCUT2D eigenvalue weighted by Gasteiger charge is 2.47. The number of hydrogen-bond acceptors (Lipinski definition) is 4. The lowest BCUT2D eigenvalue weighted by atomic mass is 9.65. The van der Waals surface area contributed by atoms with E-state index >= 15 is 0 Å². The van der Waals surface area contributed by atoms with Gasteiger partial charge in [-0.2, -0.15) is 13.2 Å². The predicted molar refractivity (Wildman–Crippen MR) is 127 cm³/mol. The van der Waals surface area contributed by atoms with Crippen molar-refractivity contribution in [1.29, 1.82) is 0 Å². The van der Waals surface area contributed by atoms with Gasteiger partial charge >= 0.3 is 6.18 Å². The topological polar surface area (TPSA) is 69.7 Å². The summed E-state index contributed by atoms with van der Waals surface area (Å²) in [5.74, 6) is -0.0630. The second-order valence-corrected chi connectivity index (χ2v) is 13.2. The van der Waals surface area contributed by atoms with Crippen molar-refractivity contribution in [3.8, 4) is 0 Å². The molecule has 2 heterocycles. The van der Waals surface area contributed by atoms with Gasteiger partial charge in [-0.1, -0.05) is 27.7 Å². The predicted octanol–water partition coefficient (Wildman–Crippen LogP) is 4.44. The third-order valence-corrected chi connectivity index (χ3v) is 8.82. The van der Waals surface area contributed by atoms with Gasteiger partial charge in [-0.3, -0.25) is 9.69 Å². The van der Waals surface area contributed by atoms with Crippen LogP contribution < -0.4 is 5.32 Å². The van der Waals surface area contributed by atoms with Gasteiger partial charge in [0.15, 0.2) is 0 Å². The smallest absolute Gasteiger partial charge is 0.325 e. The Morgan fingerprint density at radius 2 is 1.68 bits per heavy atom. The molecule has 0 saturated carbocycles. The number of amides is 1. The van der Waals surface area contributed by atoms with Crippen LogP contribution in [0.2, 0.25) is 0 Å². The zero-order chi connectivity index (χ0) is 25.4. The van der Waals surface area contributed by atoms with E-state index in [-0.39, 0.29) is 35.0 Å². The highest BCUT2D eigenvalue weighted by Crippen LogP contribution is 2.47. The fourth-order valence-electron chi connectivity index (χ4n) is 5.42. The average Bonchev–Trinajstić information content (AvgIpc) is 2.67. The van der Waals surface area contributed by atoms with Gasteiger partial charge in [0.2, 0.25) is 15.9 Å². The van der Waals surface area contributed by atoms with Crippen molar-refractivity contribution in [1.82, 2.24) is 9.21 Å². The lowest BCUT2D eigenvalue weighted by molar-refractivity contribution is -0.137. The number of nitrogens with one attached hydrogen (secondary N) is 1. The van der Waals surface area contributed by atoms with Crippen LogP contribution in [0.3, 0.4) is 0 Å². The Morgan fingerprint density at radius 3 is 2.21 bits per heavy atom. The van der Waals surface area contributed by atoms with E-state index in [0.29, 0.717) is 31.9 Å². The van der Waals surface area contributed by atoms with Crippen molar-refractivity contribution in [2.75, 3.05) is 43.8 Å². The molecule has 34 heavy (non-hydrogen) atoms. The van der Waals surface area contributed by atoms with Crippen LogP contribution in [0.4, 0.5) is 18.9 Å². The largest absolute Gasteiger partial charge is 0.416 e. The van der Waals surface area contributed by atoms with Crippen LogP contribution in [0.25, 0.3) is 0 Å². The number of nitrogens with zero attached hydrogens (tertiary/aromatic N) is 2. The van der Waals surface area contributed by atoms with Crippen molar-refractivity contribution < 1.29 is 26.4 Å². The Bertz CT molecular complexity index is 967. The quantitative estimate of drug-likeness (QED) is 0.623. The molecule has 2 aliphatic heterocycles. The fraction of sp³-hybridized carbons (Fsp3) is 0.708. The number of rotatable bonds is 6. The molecular formula is C24H36F3N3O3S. The SMILES string of the molecule is CC(C)CS(=O)(=O)N1CC(C)(C)CC2(CCN(CC(=O)Nc3ccc(C(F)(F)F)cc3)CC2)C1. The first-order valence-corrected chi connectivity index (χ1v) is 13.4. The molecule has 10 heteroatoms. The van der Waals surface area contributed by atoms with E-state index in [2.05, 4.69) is 19.2 Å². The minimum Gasteiger partial charge on any atom is -0.325 e. The Balaban J connectivity index is 1.57. The first kappa shape index (κ1) is 26.9. The number of benzene rings is 1. The Hall–Kier alpha value is -1.65. The summed E-state index contributed by atoms with van der Waals surface area (Å²) in [5.41, 5.74) is -0.658. The van der Waals surface area contributed by atoms with Crippen LogP contribution in [0, 0.1) is 16.7 Å². The zero-order valence-corrected chi connectivity index (χ0v) is 21.2. The van der Waals surface area contributed by atoms with Crippen molar-refractivity contribution in [2.24, 2.45) is 16.7 Å². The van der Waals surface area contributed by atoms with E-state index in [1.807, 2.05) is 18.7 Å². The summed E-state index contributed by atoms with van der Waals surface area (Å²) in [6.45, 7) is 10.6. The first-order valence-electron chi connectivity index (χ1n) is 11.8. The van der Waals surface area contributed by atoms with E-state index < -0.39 is 21.8 Å². The molecular weight excluding hydrogens is 467 g/mol. The molecule has 0 radical (unpaired) electrons.